The first-order chi connectivity index (χ1) is 11.2. The number of nitrogens with zero attached hydrogens (tertiary/aromatic N) is 1. The van der Waals surface area contributed by atoms with Gasteiger partial charge < -0.3 is 9.47 Å². The molecule has 2 aromatic carbocycles. The van der Waals surface area contributed by atoms with Crippen molar-refractivity contribution in [3.63, 3.8) is 0 Å². The Labute approximate surface area is 133 Å². The molecule has 0 aliphatic carbocycles. The highest BCUT2D eigenvalue weighted by molar-refractivity contribution is 6.14. The second-order valence-electron chi connectivity index (χ2n) is 5.63. The Balaban J connectivity index is 1.89. The first kappa shape index (κ1) is 13.8. The van der Waals surface area contributed by atoms with Crippen molar-refractivity contribution in [1.29, 1.82) is 0 Å². The van der Waals surface area contributed by atoms with Gasteiger partial charge in [0.2, 0.25) is 6.79 Å². The Morgan fingerprint density at radius 3 is 2.61 bits per heavy atom. The lowest BCUT2D eigenvalue weighted by atomic mass is 9.93. The third kappa shape index (κ3) is 2.54. The third-order valence-corrected chi connectivity index (χ3v) is 3.93. The average Bonchev–Trinajstić information content (AvgIpc) is 2.98. The fourth-order valence-electron chi connectivity index (χ4n) is 2.80. The van der Waals surface area contributed by atoms with E-state index in [1.54, 1.807) is 12.1 Å². The van der Waals surface area contributed by atoms with Gasteiger partial charge in [0, 0.05) is 17.3 Å². The number of fused-ring (bicyclic) bond motifs is 2. The van der Waals surface area contributed by atoms with Crippen LogP contribution in [0.1, 0.15) is 23.6 Å². The van der Waals surface area contributed by atoms with Crippen molar-refractivity contribution in [2.45, 2.75) is 13.3 Å². The van der Waals surface area contributed by atoms with Crippen LogP contribution in [0.3, 0.4) is 0 Å². The normalized spacial score (nSPS) is 20.3. The summed E-state index contributed by atoms with van der Waals surface area (Å²) < 4.78 is 24.2. The van der Waals surface area contributed by atoms with Crippen LogP contribution in [0.25, 0.3) is 0 Å². The number of hydrazone groups is 1. The standard InChI is InChI=1S/C18H15FN2O2/c1-11-6-13-7-16-17(23-10-22-16)8-15(13)18(21-20-9-11)12-2-4-14(19)5-3-12/h2-5,7-9,20H,6,10H2,1H3/b11-9-,21-18-. The molecule has 23 heavy (non-hydrogen) atoms. The Morgan fingerprint density at radius 1 is 1.09 bits per heavy atom. The Kier molecular flexibility index (Phi) is 3.26. The maximum atomic E-state index is 13.2. The van der Waals surface area contributed by atoms with Crippen molar-refractivity contribution in [3.05, 3.63) is 70.7 Å². The maximum Gasteiger partial charge on any atom is 0.231 e. The van der Waals surface area contributed by atoms with Crippen molar-refractivity contribution in [3.8, 4) is 11.5 Å². The van der Waals surface area contributed by atoms with Crippen LogP contribution >= 0.6 is 0 Å². The molecule has 0 saturated carbocycles. The van der Waals surface area contributed by atoms with Crippen LogP contribution in [0, 0.1) is 5.82 Å². The minimum absolute atomic E-state index is 0.230. The lowest BCUT2D eigenvalue weighted by Crippen LogP contribution is -2.14. The molecule has 116 valence electrons. The zero-order valence-corrected chi connectivity index (χ0v) is 12.6. The number of hydrogen-bond donors (Lipinski definition) is 1. The van der Waals surface area contributed by atoms with Gasteiger partial charge in [-0.05, 0) is 55.3 Å². The molecule has 2 aromatic rings. The van der Waals surface area contributed by atoms with E-state index in [0.717, 1.165) is 40.1 Å². The van der Waals surface area contributed by atoms with Crippen LogP contribution in [0.5, 0.6) is 11.5 Å². The van der Waals surface area contributed by atoms with Crippen LogP contribution in [0.15, 0.2) is 53.3 Å². The molecule has 2 aliphatic rings. The summed E-state index contributed by atoms with van der Waals surface area (Å²) in [6.45, 7) is 2.27. The topological polar surface area (TPSA) is 42.9 Å². The Hall–Kier alpha value is -2.82. The van der Waals surface area contributed by atoms with Gasteiger partial charge in [-0.25, -0.2) is 4.39 Å². The fourth-order valence-corrected chi connectivity index (χ4v) is 2.80. The molecule has 2 heterocycles. The summed E-state index contributed by atoms with van der Waals surface area (Å²) in [7, 11) is 0. The van der Waals surface area contributed by atoms with Gasteiger partial charge in [0.1, 0.15) is 5.82 Å². The number of benzene rings is 2. The maximum absolute atomic E-state index is 13.2. The minimum Gasteiger partial charge on any atom is -0.454 e. The van der Waals surface area contributed by atoms with Gasteiger partial charge in [-0.2, -0.15) is 5.10 Å². The van der Waals surface area contributed by atoms with Gasteiger partial charge in [-0.3, -0.25) is 5.43 Å². The summed E-state index contributed by atoms with van der Waals surface area (Å²) in [6, 6.07) is 10.3. The molecule has 2 aliphatic heterocycles. The van der Waals surface area contributed by atoms with E-state index in [9.17, 15) is 4.39 Å². The summed E-state index contributed by atoms with van der Waals surface area (Å²) in [5, 5.41) is 4.47. The zero-order valence-electron chi connectivity index (χ0n) is 12.6. The van der Waals surface area contributed by atoms with E-state index in [-0.39, 0.29) is 12.6 Å². The van der Waals surface area contributed by atoms with Crippen LogP contribution in [0.4, 0.5) is 4.39 Å². The first-order valence-corrected chi connectivity index (χ1v) is 7.38. The highest BCUT2D eigenvalue weighted by Gasteiger charge is 2.21. The molecule has 4 nitrogen and oxygen atoms in total. The predicted octanol–water partition coefficient (Wildman–Crippen LogP) is 3.36. The fraction of sp³-hybridized carbons (Fsp3) is 0.167. The average molecular weight is 310 g/mol. The molecule has 0 unspecified atom stereocenters. The van der Waals surface area contributed by atoms with E-state index in [2.05, 4.69) is 10.5 Å². The third-order valence-electron chi connectivity index (χ3n) is 3.93. The Morgan fingerprint density at radius 2 is 1.83 bits per heavy atom. The van der Waals surface area contributed by atoms with Crippen molar-refractivity contribution in [2.24, 2.45) is 5.10 Å². The van der Waals surface area contributed by atoms with Crippen molar-refractivity contribution in [1.82, 2.24) is 5.43 Å². The molecule has 0 spiro atoms. The molecule has 0 aromatic heterocycles. The summed E-state index contributed by atoms with van der Waals surface area (Å²) in [5.41, 5.74) is 7.78. The molecule has 4 rings (SSSR count). The molecule has 0 fully saturated rings. The van der Waals surface area contributed by atoms with Gasteiger partial charge in [0.05, 0.1) is 5.71 Å². The highest BCUT2D eigenvalue weighted by atomic mass is 19.1. The quantitative estimate of drug-likeness (QED) is 0.878. The highest BCUT2D eigenvalue weighted by Crippen LogP contribution is 2.36. The van der Waals surface area contributed by atoms with E-state index >= 15 is 0 Å². The number of ether oxygens (including phenoxy) is 2. The van der Waals surface area contributed by atoms with Crippen molar-refractivity contribution in [2.75, 3.05) is 6.79 Å². The molecule has 0 amide bonds. The molecular formula is C18H15FN2O2. The van der Waals surface area contributed by atoms with Gasteiger partial charge >= 0.3 is 0 Å². The Bertz CT molecular complexity index is 826. The van der Waals surface area contributed by atoms with E-state index < -0.39 is 0 Å². The molecular weight excluding hydrogens is 295 g/mol. The zero-order chi connectivity index (χ0) is 15.8. The second-order valence-corrected chi connectivity index (χ2v) is 5.63. The lowest BCUT2D eigenvalue weighted by molar-refractivity contribution is 0.174. The van der Waals surface area contributed by atoms with Crippen LogP contribution in [0.2, 0.25) is 0 Å². The van der Waals surface area contributed by atoms with Gasteiger partial charge in [0.15, 0.2) is 11.5 Å². The summed E-state index contributed by atoms with van der Waals surface area (Å²) in [4.78, 5) is 0. The molecule has 0 saturated heterocycles. The van der Waals surface area contributed by atoms with E-state index in [1.807, 2.05) is 25.3 Å². The SMILES string of the molecule is C/C1=C/N/N=C(/c2ccc(F)cc2)c2cc3c(cc2C1)OCO3. The van der Waals surface area contributed by atoms with Crippen LogP contribution in [-0.4, -0.2) is 12.5 Å². The number of allylic oxidation sites excluding steroid dienone is 1. The van der Waals surface area contributed by atoms with Crippen LogP contribution < -0.4 is 14.9 Å². The number of hydrogen-bond acceptors (Lipinski definition) is 4. The molecule has 0 bridgehead atoms. The van der Waals surface area contributed by atoms with Gasteiger partial charge in [0.25, 0.3) is 0 Å². The largest absolute Gasteiger partial charge is 0.454 e. The minimum atomic E-state index is -0.269. The van der Waals surface area contributed by atoms with Crippen molar-refractivity contribution >= 4 is 5.71 Å². The smallest absolute Gasteiger partial charge is 0.231 e. The van der Waals surface area contributed by atoms with E-state index in [0.29, 0.717) is 5.75 Å². The predicted molar refractivity (Wildman–Crippen MR) is 85.2 cm³/mol. The van der Waals surface area contributed by atoms with E-state index in [1.165, 1.54) is 12.1 Å². The summed E-state index contributed by atoms with van der Waals surface area (Å²) >= 11 is 0. The second kappa shape index (κ2) is 5.43. The van der Waals surface area contributed by atoms with Gasteiger partial charge in [-0.1, -0.05) is 5.57 Å². The van der Waals surface area contributed by atoms with Gasteiger partial charge in [-0.15, -0.1) is 0 Å². The summed E-state index contributed by atoms with van der Waals surface area (Å²) in [6.07, 6.45) is 2.65. The van der Waals surface area contributed by atoms with E-state index in [4.69, 9.17) is 9.47 Å². The number of halogens is 1. The van der Waals surface area contributed by atoms with Crippen LogP contribution in [-0.2, 0) is 6.42 Å². The molecule has 0 radical (unpaired) electrons. The van der Waals surface area contributed by atoms with Crippen molar-refractivity contribution < 1.29 is 13.9 Å². The molecule has 5 heteroatoms. The monoisotopic (exact) mass is 310 g/mol. The number of nitrogens with one attached hydrogen (secondary N) is 1. The molecule has 0 atom stereocenters. The lowest BCUT2D eigenvalue weighted by Gasteiger charge is -2.16. The summed E-state index contributed by atoms with van der Waals surface area (Å²) in [5.74, 6) is 1.19. The molecule has 1 N–H and O–H groups in total. The first-order valence-electron chi connectivity index (χ1n) is 7.38. The number of rotatable bonds is 1.